The molecule has 6 nitrogen and oxygen atoms in total. The smallest absolute Gasteiger partial charge is 0.249 e. The van der Waals surface area contributed by atoms with Crippen LogP contribution in [0.15, 0.2) is 36.4 Å². The number of hydrogen-bond donors (Lipinski definition) is 0. The van der Waals surface area contributed by atoms with E-state index in [9.17, 15) is 4.79 Å². The highest BCUT2D eigenvalue weighted by Gasteiger charge is 2.25. The summed E-state index contributed by atoms with van der Waals surface area (Å²) in [4.78, 5) is 16.9. The van der Waals surface area contributed by atoms with Gasteiger partial charge in [-0.05, 0) is 48.0 Å². The van der Waals surface area contributed by atoms with Crippen molar-refractivity contribution in [1.29, 1.82) is 0 Å². The van der Waals surface area contributed by atoms with Crippen molar-refractivity contribution in [3.63, 3.8) is 0 Å². The zero-order valence-electron chi connectivity index (χ0n) is 14.3. The molecule has 1 atom stereocenters. The molecule has 0 bridgehead atoms. The topological polar surface area (TPSA) is 63.9 Å². The van der Waals surface area contributed by atoms with Gasteiger partial charge in [0.2, 0.25) is 11.7 Å². The number of rotatable bonds is 6. The second kappa shape index (κ2) is 8.16. The van der Waals surface area contributed by atoms with Crippen LogP contribution in [0.5, 0.6) is 0 Å². The van der Waals surface area contributed by atoms with Crippen LogP contribution in [0.1, 0.15) is 24.3 Å². The number of hydrogen-bond acceptors (Lipinski definition) is 5. The summed E-state index contributed by atoms with van der Waals surface area (Å²) in [5.74, 6) is 0.387. The second-order valence-electron chi connectivity index (χ2n) is 5.76. The predicted octanol–water partition coefficient (Wildman–Crippen LogP) is 4.32. The maximum absolute atomic E-state index is 12.8. The molecule has 3 rings (SSSR count). The van der Waals surface area contributed by atoms with E-state index in [0.29, 0.717) is 28.1 Å². The number of carbonyl (C=O) groups is 1. The Kier molecular flexibility index (Phi) is 5.90. The summed E-state index contributed by atoms with van der Waals surface area (Å²) >= 11 is 13.3. The van der Waals surface area contributed by atoms with E-state index in [-0.39, 0.29) is 5.91 Å². The van der Waals surface area contributed by atoms with Crippen LogP contribution >= 0.6 is 34.5 Å². The maximum Gasteiger partial charge on any atom is 0.249 e. The van der Waals surface area contributed by atoms with Crippen LogP contribution in [0.3, 0.4) is 0 Å². The van der Waals surface area contributed by atoms with Gasteiger partial charge in [0, 0.05) is 22.5 Å². The summed E-state index contributed by atoms with van der Waals surface area (Å²) in [7, 11) is 1.76. The number of benzene rings is 1. The van der Waals surface area contributed by atoms with Crippen molar-refractivity contribution in [2.45, 2.75) is 25.9 Å². The molecule has 2 aromatic heterocycles. The van der Waals surface area contributed by atoms with Gasteiger partial charge >= 0.3 is 0 Å². The van der Waals surface area contributed by atoms with Gasteiger partial charge in [0.25, 0.3) is 0 Å². The third-order valence-corrected chi connectivity index (χ3v) is 5.35. The summed E-state index contributed by atoms with van der Waals surface area (Å²) in [6.07, 6.45) is 0.560. The Hall–Kier alpha value is -1.96. The first-order chi connectivity index (χ1) is 12.5. The second-order valence-corrected chi connectivity index (χ2v) is 8.00. The molecule has 0 aliphatic rings. The average molecular weight is 410 g/mol. The Bertz CT molecular complexity index is 893. The highest BCUT2D eigenvalue weighted by atomic mass is 35.5. The first-order valence-corrected chi connectivity index (χ1v) is 9.59. The lowest BCUT2D eigenvalue weighted by Crippen LogP contribution is -2.34. The average Bonchev–Trinajstić information content (AvgIpc) is 3.25. The van der Waals surface area contributed by atoms with E-state index < -0.39 is 6.04 Å². The lowest BCUT2D eigenvalue weighted by Gasteiger charge is -2.21. The fraction of sp³-hybridized carbons (Fsp3) is 0.294. The monoisotopic (exact) mass is 409 g/mol. The minimum absolute atomic E-state index is 0.0721. The molecule has 0 aliphatic heterocycles. The van der Waals surface area contributed by atoms with Crippen molar-refractivity contribution >= 4 is 40.4 Å². The Morgan fingerprint density at radius 3 is 2.58 bits per heavy atom. The number of tetrazole rings is 1. The third kappa shape index (κ3) is 4.23. The van der Waals surface area contributed by atoms with Gasteiger partial charge in [0.05, 0.1) is 10.9 Å². The van der Waals surface area contributed by atoms with Crippen LogP contribution in [0.2, 0.25) is 9.36 Å². The summed E-state index contributed by atoms with van der Waals surface area (Å²) in [6, 6.07) is 10.4. The zero-order valence-corrected chi connectivity index (χ0v) is 16.6. The first-order valence-electron chi connectivity index (χ1n) is 8.02. The Morgan fingerprint density at radius 1 is 1.23 bits per heavy atom. The Balaban J connectivity index is 1.75. The molecule has 1 amide bonds. The number of carbonyl (C=O) groups excluding carboxylic acids is 1. The minimum Gasteiger partial charge on any atom is -0.339 e. The van der Waals surface area contributed by atoms with E-state index in [1.807, 2.05) is 31.2 Å². The number of aromatic nitrogens is 4. The molecule has 136 valence electrons. The Labute approximate surface area is 165 Å². The number of thiophene rings is 1. The van der Waals surface area contributed by atoms with Crippen LogP contribution < -0.4 is 0 Å². The quantitative estimate of drug-likeness (QED) is 0.607. The highest BCUT2D eigenvalue weighted by molar-refractivity contribution is 7.16. The summed E-state index contributed by atoms with van der Waals surface area (Å²) < 4.78 is 0.707. The van der Waals surface area contributed by atoms with Crippen LogP contribution in [0.4, 0.5) is 0 Å². The highest BCUT2D eigenvalue weighted by Crippen LogP contribution is 2.24. The summed E-state index contributed by atoms with van der Waals surface area (Å²) in [5, 5.41) is 13.2. The van der Waals surface area contributed by atoms with E-state index in [4.69, 9.17) is 23.2 Å². The van der Waals surface area contributed by atoms with Crippen LogP contribution in [0, 0.1) is 0 Å². The molecular formula is C17H17Cl2N5OS. The molecule has 3 aromatic rings. The van der Waals surface area contributed by atoms with Crippen molar-refractivity contribution in [3.8, 4) is 11.4 Å². The predicted molar refractivity (Wildman–Crippen MR) is 103 cm³/mol. The Morgan fingerprint density at radius 2 is 1.96 bits per heavy atom. The fourth-order valence-corrected chi connectivity index (χ4v) is 3.78. The van der Waals surface area contributed by atoms with Crippen LogP contribution in [-0.2, 0) is 11.3 Å². The fourth-order valence-electron chi connectivity index (χ4n) is 2.51. The van der Waals surface area contributed by atoms with Gasteiger partial charge < -0.3 is 4.90 Å². The zero-order chi connectivity index (χ0) is 18.7. The molecule has 0 spiro atoms. The van der Waals surface area contributed by atoms with Crippen molar-refractivity contribution < 1.29 is 4.79 Å². The molecule has 26 heavy (non-hydrogen) atoms. The standard InChI is InChI=1S/C17H17Cl2N5OS/c1-3-14(17(25)23(2)10-13-8-9-15(19)26-13)24-21-16(20-22-24)11-4-6-12(18)7-5-11/h4-9,14H,3,10H2,1-2H3. The molecule has 2 heterocycles. The molecule has 0 saturated heterocycles. The van der Waals surface area contributed by atoms with Gasteiger partial charge in [-0.3, -0.25) is 4.79 Å². The van der Waals surface area contributed by atoms with E-state index in [1.54, 1.807) is 24.1 Å². The van der Waals surface area contributed by atoms with Gasteiger partial charge in [-0.15, -0.1) is 21.5 Å². The van der Waals surface area contributed by atoms with Gasteiger partial charge in [-0.2, -0.15) is 4.80 Å². The van der Waals surface area contributed by atoms with E-state index in [0.717, 1.165) is 10.4 Å². The van der Waals surface area contributed by atoms with Gasteiger partial charge in [0.1, 0.15) is 0 Å². The number of amides is 1. The number of nitrogens with zero attached hydrogens (tertiary/aromatic N) is 5. The maximum atomic E-state index is 12.8. The van der Waals surface area contributed by atoms with E-state index in [1.165, 1.54) is 16.1 Å². The van der Waals surface area contributed by atoms with Gasteiger partial charge in [-0.25, -0.2) is 0 Å². The summed E-state index contributed by atoms with van der Waals surface area (Å²) in [6.45, 7) is 2.41. The largest absolute Gasteiger partial charge is 0.339 e. The molecule has 1 unspecified atom stereocenters. The van der Waals surface area contributed by atoms with Crippen LogP contribution in [0.25, 0.3) is 11.4 Å². The van der Waals surface area contributed by atoms with Crippen LogP contribution in [-0.4, -0.2) is 38.1 Å². The molecule has 1 aromatic carbocycles. The minimum atomic E-state index is -0.510. The third-order valence-electron chi connectivity index (χ3n) is 3.88. The van der Waals surface area contributed by atoms with Crippen molar-refractivity contribution in [2.24, 2.45) is 0 Å². The summed E-state index contributed by atoms with van der Waals surface area (Å²) in [5.41, 5.74) is 0.796. The van der Waals surface area contributed by atoms with Crippen molar-refractivity contribution in [1.82, 2.24) is 25.1 Å². The molecule has 0 saturated carbocycles. The molecule has 0 radical (unpaired) electrons. The van der Waals surface area contributed by atoms with Crippen molar-refractivity contribution in [3.05, 3.63) is 50.6 Å². The molecule has 0 fully saturated rings. The van der Waals surface area contributed by atoms with Crippen molar-refractivity contribution in [2.75, 3.05) is 7.05 Å². The van der Waals surface area contributed by atoms with E-state index >= 15 is 0 Å². The van der Waals surface area contributed by atoms with E-state index in [2.05, 4.69) is 15.4 Å². The van der Waals surface area contributed by atoms with Gasteiger partial charge in [-0.1, -0.05) is 30.1 Å². The molecular weight excluding hydrogens is 393 g/mol. The first kappa shape index (κ1) is 18.8. The number of likely N-dealkylation sites (N-methyl/N-ethyl adjacent to an activating group) is 1. The lowest BCUT2D eigenvalue weighted by molar-refractivity contribution is -0.134. The molecule has 9 heteroatoms. The van der Waals surface area contributed by atoms with Gasteiger partial charge in [0.15, 0.2) is 6.04 Å². The SMILES string of the molecule is CCC(C(=O)N(C)Cc1ccc(Cl)s1)n1nnc(-c2ccc(Cl)cc2)n1. The normalized spacial score (nSPS) is 12.2. The lowest BCUT2D eigenvalue weighted by atomic mass is 10.2. The number of halogens is 2. The molecule has 0 N–H and O–H groups in total. The molecule has 0 aliphatic carbocycles.